The quantitative estimate of drug-likeness (QED) is 0.339. The van der Waals surface area contributed by atoms with Crippen molar-refractivity contribution in [2.45, 2.75) is 63.9 Å². The van der Waals surface area contributed by atoms with Crippen LogP contribution in [-0.2, 0) is 22.3 Å². The second kappa shape index (κ2) is 13.0. The number of carbonyl (C=O) groups excluding carboxylic acids is 2. The lowest BCUT2D eigenvalue weighted by Gasteiger charge is -2.37. The predicted octanol–water partition coefficient (Wildman–Crippen LogP) is 5.09. The molecule has 3 fully saturated rings. The van der Waals surface area contributed by atoms with Crippen molar-refractivity contribution in [2.75, 3.05) is 44.2 Å². The van der Waals surface area contributed by atoms with Gasteiger partial charge in [-0.2, -0.15) is 18.3 Å². The summed E-state index contributed by atoms with van der Waals surface area (Å²) in [5, 5.41) is 10.0. The highest BCUT2D eigenvalue weighted by atomic mass is 19.4. The molecular formula is C34H41F3N6O3. The van der Waals surface area contributed by atoms with Crippen molar-refractivity contribution < 1.29 is 27.5 Å². The number of aromatic amines is 1. The molecule has 3 heterocycles. The number of ether oxygens (including phenoxy) is 1. The molecule has 2 saturated heterocycles. The van der Waals surface area contributed by atoms with E-state index in [0.29, 0.717) is 64.3 Å². The van der Waals surface area contributed by atoms with Gasteiger partial charge in [-0.3, -0.25) is 14.7 Å². The summed E-state index contributed by atoms with van der Waals surface area (Å²) < 4.78 is 48.3. The lowest BCUT2D eigenvalue weighted by Crippen LogP contribution is -2.54. The van der Waals surface area contributed by atoms with Crippen LogP contribution < -0.4 is 15.0 Å². The highest BCUT2D eigenvalue weighted by Crippen LogP contribution is 2.38. The molecule has 1 aromatic heterocycles. The SMILES string of the molecule is CC(C)(Oc1cc(N2CCCC(C(=O)N(Cc3ccc(-c4cn[nH]c4)cc3)C3CC3)C2)cc(C(F)(F)F)c1)C(=O)N1CCNCC1. The van der Waals surface area contributed by atoms with E-state index < -0.39 is 17.3 Å². The maximum absolute atomic E-state index is 14.1. The second-order valence-corrected chi connectivity index (χ2v) is 13.0. The summed E-state index contributed by atoms with van der Waals surface area (Å²) in [5.74, 6) is -0.598. The first-order valence-electron chi connectivity index (χ1n) is 16.0. The van der Waals surface area contributed by atoms with Gasteiger partial charge in [0.05, 0.1) is 17.7 Å². The molecule has 2 amide bonds. The van der Waals surface area contributed by atoms with Gasteiger partial charge in [0.25, 0.3) is 5.91 Å². The third kappa shape index (κ3) is 7.32. The highest BCUT2D eigenvalue weighted by molar-refractivity contribution is 5.85. The number of piperidine rings is 1. The fraction of sp³-hybridized carbons (Fsp3) is 0.500. The van der Waals surface area contributed by atoms with Crippen molar-refractivity contribution in [2.24, 2.45) is 5.92 Å². The van der Waals surface area contributed by atoms with Crippen molar-refractivity contribution in [3.8, 4) is 16.9 Å². The van der Waals surface area contributed by atoms with E-state index in [2.05, 4.69) is 15.5 Å². The first-order chi connectivity index (χ1) is 22.0. The molecule has 0 spiro atoms. The van der Waals surface area contributed by atoms with E-state index in [1.54, 1.807) is 31.0 Å². The molecule has 2 N–H and O–H groups in total. The molecule has 246 valence electrons. The lowest BCUT2D eigenvalue weighted by molar-refractivity contribution is -0.146. The molecule has 2 aliphatic heterocycles. The van der Waals surface area contributed by atoms with Crippen LogP contribution in [0, 0.1) is 5.92 Å². The Balaban J connectivity index is 1.18. The van der Waals surface area contributed by atoms with Crippen LogP contribution in [0.1, 0.15) is 50.7 Å². The first kappa shape index (κ1) is 31.9. The number of benzene rings is 2. The summed E-state index contributed by atoms with van der Waals surface area (Å²) in [6.45, 7) is 6.83. The number of nitrogens with zero attached hydrogens (tertiary/aromatic N) is 4. The Hall–Kier alpha value is -4.06. The van der Waals surface area contributed by atoms with Gasteiger partial charge in [0.1, 0.15) is 5.75 Å². The fourth-order valence-electron chi connectivity index (χ4n) is 6.40. The number of piperazine rings is 1. The zero-order valence-electron chi connectivity index (χ0n) is 26.3. The van der Waals surface area contributed by atoms with E-state index in [1.165, 1.54) is 0 Å². The lowest BCUT2D eigenvalue weighted by atomic mass is 9.95. The number of hydrogen-bond acceptors (Lipinski definition) is 6. The van der Waals surface area contributed by atoms with E-state index in [0.717, 1.165) is 41.7 Å². The van der Waals surface area contributed by atoms with Crippen molar-refractivity contribution >= 4 is 17.5 Å². The molecule has 1 saturated carbocycles. The minimum atomic E-state index is -4.61. The summed E-state index contributed by atoms with van der Waals surface area (Å²) in [6, 6.07) is 11.9. The standard InChI is InChI=1S/C34H41F3N6O3/c1-33(2,32(45)41-14-11-38-12-15-41)46-30-17-27(34(35,36)37)16-29(18-30)42-13-3-4-25(22-42)31(44)43(28-9-10-28)21-23-5-7-24(8-6-23)26-19-39-40-20-26/h5-8,16-20,25,28,38H,3-4,9-15,21-22H2,1-2H3,(H,39,40). The molecule has 1 unspecified atom stereocenters. The summed E-state index contributed by atoms with van der Waals surface area (Å²) in [7, 11) is 0. The van der Waals surface area contributed by atoms with E-state index in [1.807, 2.05) is 40.3 Å². The Morgan fingerprint density at radius 1 is 1.00 bits per heavy atom. The number of H-pyrrole nitrogens is 1. The molecule has 3 aromatic rings. The maximum Gasteiger partial charge on any atom is 0.416 e. The second-order valence-electron chi connectivity index (χ2n) is 13.0. The van der Waals surface area contributed by atoms with Crippen LogP contribution in [0.5, 0.6) is 5.75 Å². The fourth-order valence-corrected chi connectivity index (χ4v) is 6.40. The summed E-state index contributed by atoms with van der Waals surface area (Å²) in [6.07, 6.45) is 2.23. The number of halogens is 3. The van der Waals surface area contributed by atoms with Gasteiger partial charge in [-0.25, -0.2) is 0 Å². The number of anilines is 1. The highest BCUT2D eigenvalue weighted by Gasteiger charge is 2.39. The van der Waals surface area contributed by atoms with Crippen LogP contribution in [-0.4, -0.2) is 82.7 Å². The maximum atomic E-state index is 14.1. The summed E-state index contributed by atoms with van der Waals surface area (Å²) in [4.78, 5) is 32.7. The summed E-state index contributed by atoms with van der Waals surface area (Å²) in [5.41, 5.74) is 1.17. The van der Waals surface area contributed by atoms with Crippen LogP contribution in [0.4, 0.5) is 18.9 Å². The van der Waals surface area contributed by atoms with Crippen LogP contribution >= 0.6 is 0 Å². The van der Waals surface area contributed by atoms with Gasteiger partial charge in [0, 0.05) is 75.4 Å². The number of nitrogens with one attached hydrogen (secondary N) is 2. The monoisotopic (exact) mass is 638 g/mol. The average Bonchev–Trinajstić information content (AvgIpc) is 3.75. The van der Waals surface area contributed by atoms with Gasteiger partial charge in [-0.15, -0.1) is 0 Å². The molecule has 1 atom stereocenters. The Kier molecular flexibility index (Phi) is 9.00. The minimum Gasteiger partial charge on any atom is -0.478 e. The third-order valence-electron chi connectivity index (χ3n) is 9.06. The normalized spacial score (nSPS) is 19.2. The van der Waals surface area contributed by atoms with Gasteiger partial charge in [-0.05, 0) is 62.8 Å². The Labute approximate surface area is 267 Å². The smallest absolute Gasteiger partial charge is 0.416 e. The Bertz CT molecular complexity index is 1520. The van der Waals surface area contributed by atoms with E-state index in [-0.39, 0.29) is 29.5 Å². The molecule has 12 heteroatoms. The zero-order valence-corrected chi connectivity index (χ0v) is 26.3. The Morgan fingerprint density at radius 3 is 2.39 bits per heavy atom. The van der Waals surface area contributed by atoms with Crippen molar-refractivity contribution in [1.82, 2.24) is 25.3 Å². The summed E-state index contributed by atoms with van der Waals surface area (Å²) >= 11 is 0. The van der Waals surface area contributed by atoms with E-state index >= 15 is 0 Å². The van der Waals surface area contributed by atoms with Gasteiger partial charge in [0.15, 0.2) is 5.60 Å². The van der Waals surface area contributed by atoms with Crippen LogP contribution in [0.15, 0.2) is 54.9 Å². The minimum absolute atomic E-state index is 0.0229. The number of rotatable bonds is 9. The van der Waals surface area contributed by atoms with Crippen molar-refractivity contribution in [3.05, 3.63) is 66.0 Å². The molecular weight excluding hydrogens is 597 g/mol. The van der Waals surface area contributed by atoms with E-state index in [4.69, 9.17) is 4.74 Å². The van der Waals surface area contributed by atoms with Crippen LogP contribution in [0.25, 0.3) is 11.1 Å². The van der Waals surface area contributed by atoms with Crippen LogP contribution in [0.3, 0.4) is 0 Å². The zero-order chi connectivity index (χ0) is 32.5. The molecule has 0 bridgehead atoms. The average molecular weight is 639 g/mol. The number of alkyl halides is 3. The number of hydrogen-bond donors (Lipinski definition) is 2. The molecule has 9 nitrogen and oxygen atoms in total. The number of carbonyl (C=O) groups is 2. The van der Waals surface area contributed by atoms with Gasteiger partial charge < -0.3 is 24.8 Å². The topological polar surface area (TPSA) is 93.8 Å². The van der Waals surface area contributed by atoms with Crippen molar-refractivity contribution in [1.29, 1.82) is 0 Å². The number of amides is 2. The van der Waals surface area contributed by atoms with Gasteiger partial charge in [0.2, 0.25) is 5.91 Å². The molecule has 0 radical (unpaired) electrons. The van der Waals surface area contributed by atoms with E-state index in [9.17, 15) is 22.8 Å². The molecule has 46 heavy (non-hydrogen) atoms. The van der Waals surface area contributed by atoms with Gasteiger partial charge >= 0.3 is 6.18 Å². The Morgan fingerprint density at radius 2 is 1.74 bits per heavy atom. The molecule has 3 aliphatic rings. The predicted molar refractivity (Wildman–Crippen MR) is 168 cm³/mol. The molecule has 6 rings (SSSR count). The first-order valence-corrected chi connectivity index (χ1v) is 16.0. The number of aromatic nitrogens is 2. The molecule has 1 aliphatic carbocycles. The largest absolute Gasteiger partial charge is 0.478 e. The van der Waals surface area contributed by atoms with Crippen molar-refractivity contribution in [3.63, 3.8) is 0 Å². The van der Waals surface area contributed by atoms with Crippen LogP contribution in [0.2, 0.25) is 0 Å². The third-order valence-corrected chi connectivity index (χ3v) is 9.06. The van der Waals surface area contributed by atoms with Gasteiger partial charge in [-0.1, -0.05) is 24.3 Å². The molecule has 2 aromatic carbocycles.